The first-order chi connectivity index (χ1) is 9.58. The van der Waals surface area contributed by atoms with Gasteiger partial charge in [-0.2, -0.15) is 0 Å². The number of hydrogen-bond acceptors (Lipinski definition) is 3. The molecule has 1 saturated heterocycles. The minimum Gasteiger partial charge on any atom is -0.378 e. The molecule has 1 aromatic heterocycles. The number of rotatable bonds is 4. The summed E-state index contributed by atoms with van der Waals surface area (Å²) in [6, 6.07) is 3.59. The van der Waals surface area contributed by atoms with Gasteiger partial charge in [-0.05, 0) is 30.9 Å². The van der Waals surface area contributed by atoms with Gasteiger partial charge in [-0.25, -0.2) is 0 Å². The number of ether oxygens (including phenoxy) is 1. The first kappa shape index (κ1) is 15.2. The Labute approximate surface area is 125 Å². The molecule has 1 amide bonds. The minimum absolute atomic E-state index is 0.0224. The van der Waals surface area contributed by atoms with Crippen molar-refractivity contribution in [2.24, 2.45) is 5.92 Å². The second-order valence-electron chi connectivity index (χ2n) is 5.63. The van der Waals surface area contributed by atoms with E-state index in [0.717, 1.165) is 32.5 Å². The van der Waals surface area contributed by atoms with E-state index in [1.165, 1.54) is 0 Å². The Balaban J connectivity index is 1.89. The van der Waals surface area contributed by atoms with E-state index in [-0.39, 0.29) is 12.0 Å². The predicted octanol–water partition coefficient (Wildman–Crippen LogP) is 3.02. The van der Waals surface area contributed by atoms with Crippen LogP contribution < -0.4 is 0 Å². The number of nitrogens with one attached hydrogen (secondary N) is 1. The maximum Gasteiger partial charge on any atom is 0.256 e. The molecule has 0 unspecified atom stereocenters. The standard InChI is InChI=1S/C15H22N2O2S/c1-11(2)10-19-12-5-8-17(9-6-12)15(18)13-4-3-7-16-14(13)20/h3-4,7,11-12H,5-6,8-10H2,1-2H3,(H,16,20). The van der Waals surface area contributed by atoms with Crippen LogP contribution in [0.3, 0.4) is 0 Å². The van der Waals surface area contributed by atoms with Crippen LogP contribution in [0.5, 0.6) is 0 Å². The summed E-state index contributed by atoms with van der Waals surface area (Å²) in [4.78, 5) is 17.2. The van der Waals surface area contributed by atoms with Crippen LogP contribution in [0.1, 0.15) is 37.0 Å². The maximum absolute atomic E-state index is 12.4. The average molecular weight is 294 g/mol. The second-order valence-corrected chi connectivity index (χ2v) is 6.04. The highest BCUT2D eigenvalue weighted by Gasteiger charge is 2.24. The van der Waals surface area contributed by atoms with Crippen LogP contribution in [-0.2, 0) is 4.74 Å². The fourth-order valence-electron chi connectivity index (χ4n) is 2.31. The van der Waals surface area contributed by atoms with Gasteiger partial charge >= 0.3 is 0 Å². The molecule has 0 saturated carbocycles. The van der Waals surface area contributed by atoms with E-state index >= 15 is 0 Å². The smallest absolute Gasteiger partial charge is 0.256 e. The highest BCUT2D eigenvalue weighted by molar-refractivity contribution is 7.71. The summed E-state index contributed by atoms with van der Waals surface area (Å²) >= 11 is 5.16. The minimum atomic E-state index is 0.0224. The van der Waals surface area contributed by atoms with E-state index < -0.39 is 0 Å². The third-order valence-electron chi connectivity index (χ3n) is 3.44. The Morgan fingerprint density at radius 3 is 2.80 bits per heavy atom. The first-order valence-corrected chi connectivity index (χ1v) is 7.57. The monoisotopic (exact) mass is 294 g/mol. The average Bonchev–Trinajstić information content (AvgIpc) is 2.45. The largest absolute Gasteiger partial charge is 0.378 e. The Kier molecular flexibility index (Phi) is 5.31. The van der Waals surface area contributed by atoms with E-state index in [1.54, 1.807) is 12.3 Å². The fourth-order valence-corrected chi connectivity index (χ4v) is 2.54. The van der Waals surface area contributed by atoms with Crippen molar-refractivity contribution >= 4 is 18.1 Å². The topological polar surface area (TPSA) is 45.3 Å². The molecule has 0 atom stereocenters. The number of carbonyl (C=O) groups is 1. The molecular formula is C15H22N2O2S. The molecule has 1 aliphatic rings. The van der Waals surface area contributed by atoms with Gasteiger partial charge in [-0.1, -0.05) is 26.1 Å². The van der Waals surface area contributed by atoms with Crippen molar-refractivity contribution in [3.05, 3.63) is 28.5 Å². The summed E-state index contributed by atoms with van der Waals surface area (Å²) in [6.07, 6.45) is 3.83. The molecule has 1 aromatic rings. The summed E-state index contributed by atoms with van der Waals surface area (Å²) in [5.74, 6) is 0.575. The fraction of sp³-hybridized carbons (Fsp3) is 0.600. The number of hydrogen-bond donors (Lipinski definition) is 1. The van der Waals surface area contributed by atoms with Crippen molar-refractivity contribution in [3.8, 4) is 0 Å². The molecule has 2 heterocycles. The molecule has 5 heteroatoms. The molecule has 1 aliphatic heterocycles. The van der Waals surface area contributed by atoms with Crippen molar-refractivity contribution in [2.75, 3.05) is 19.7 Å². The lowest BCUT2D eigenvalue weighted by Gasteiger charge is -2.32. The number of carbonyl (C=O) groups excluding carboxylic acids is 1. The van der Waals surface area contributed by atoms with Crippen molar-refractivity contribution < 1.29 is 9.53 Å². The molecule has 0 radical (unpaired) electrons. The number of H-pyrrole nitrogens is 1. The van der Waals surface area contributed by atoms with Crippen LogP contribution in [0.25, 0.3) is 0 Å². The van der Waals surface area contributed by atoms with Gasteiger partial charge in [0, 0.05) is 25.9 Å². The van der Waals surface area contributed by atoms with Gasteiger partial charge in [-0.15, -0.1) is 0 Å². The van der Waals surface area contributed by atoms with Crippen LogP contribution in [-0.4, -0.2) is 41.6 Å². The van der Waals surface area contributed by atoms with Gasteiger partial charge in [0.05, 0.1) is 11.7 Å². The Bertz CT molecular complexity index is 505. The number of likely N-dealkylation sites (tertiary alicyclic amines) is 1. The molecule has 20 heavy (non-hydrogen) atoms. The molecule has 1 fully saturated rings. The highest BCUT2D eigenvalue weighted by Crippen LogP contribution is 2.17. The molecule has 2 rings (SSSR count). The lowest BCUT2D eigenvalue weighted by Crippen LogP contribution is -2.41. The summed E-state index contributed by atoms with van der Waals surface area (Å²) in [6.45, 7) is 6.57. The third kappa shape index (κ3) is 3.90. The van der Waals surface area contributed by atoms with Crippen LogP contribution in [0.4, 0.5) is 0 Å². The summed E-state index contributed by atoms with van der Waals surface area (Å²) in [5, 5.41) is 0. The Hall–Kier alpha value is -1.20. The molecule has 4 nitrogen and oxygen atoms in total. The zero-order chi connectivity index (χ0) is 14.5. The van der Waals surface area contributed by atoms with Gasteiger partial charge in [0.1, 0.15) is 4.64 Å². The molecule has 1 N–H and O–H groups in total. The van der Waals surface area contributed by atoms with Crippen LogP contribution in [0.15, 0.2) is 18.3 Å². The van der Waals surface area contributed by atoms with Crippen molar-refractivity contribution in [1.82, 2.24) is 9.88 Å². The number of aromatic nitrogens is 1. The Morgan fingerprint density at radius 2 is 2.20 bits per heavy atom. The van der Waals surface area contributed by atoms with E-state index in [2.05, 4.69) is 18.8 Å². The molecule has 0 spiro atoms. The third-order valence-corrected chi connectivity index (χ3v) is 3.78. The highest BCUT2D eigenvalue weighted by atomic mass is 32.1. The number of piperidine rings is 1. The first-order valence-electron chi connectivity index (χ1n) is 7.16. The zero-order valence-electron chi connectivity index (χ0n) is 12.1. The molecule has 0 bridgehead atoms. The summed E-state index contributed by atoms with van der Waals surface area (Å²) in [7, 11) is 0. The predicted molar refractivity (Wildman–Crippen MR) is 81.3 cm³/mol. The lowest BCUT2D eigenvalue weighted by molar-refractivity contribution is -0.00233. The molecular weight excluding hydrogens is 272 g/mol. The number of pyridine rings is 1. The zero-order valence-corrected chi connectivity index (χ0v) is 12.9. The van der Waals surface area contributed by atoms with Crippen LogP contribution >= 0.6 is 12.2 Å². The number of amides is 1. The number of aromatic amines is 1. The van der Waals surface area contributed by atoms with E-state index in [9.17, 15) is 4.79 Å². The van der Waals surface area contributed by atoms with Crippen LogP contribution in [0.2, 0.25) is 0 Å². The normalized spacial score (nSPS) is 16.6. The van der Waals surface area contributed by atoms with Gasteiger partial charge in [0.25, 0.3) is 5.91 Å². The molecule has 110 valence electrons. The van der Waals surface area contributed by atoms with Crippen LogP contribution in [0, 0.1) is 10.6 Å². The SMILES string of the molecule is CC(C)COC1CCN(C(=O)c2ccc[nH]c2=S)CC1. The maximum atomic E-state index is 12.4. The quantitative estimate of drug-likeness (QED) is 0.868. The van der Waals surface area contributed by atoms with Gasteiger partial charge in [0.2, 0.25) is 0 Å². The van der Waals surface area contributed by atoms with Gasteiger partial charge in [0.15, 0.2) is 0 Å². The number of nitrogens with zero attached hydrogens (tertiary/aromatic N) is 1. The van der Waals surface area contributed by atoms with E-state index in [1.807, 2.05) is 11.0 Å². The summed E-state index contributed by atoms with van der Waals surface area (Å²) < 4.78 is 6.35. The molecule has 0 aromatic carbocycles. The van der Waals surface area contributed by atoms with Crippen molar-refractivity contribution in [3.63, 3.8) is 0 Å². The summed E-state index contributed by atoms with van der Waals surface area (Å²) in [5.41, 5.74) is 0.587. The second kappa shape index (κ2) is 6.99. The van der Waals surface area contributed by atoms with Crippen molar-refractivity contribution in [1.29, 1.82) is 0 Å². The van der Waals surface area contributed by atoms with E-state index in [4.69, 9.17) is 17.0 Å². The van der Waals surface area contributed by atoms with Gasteiger partial charge < -0.3 is 14.6 Å². The molecule has 0 aliphatic carbocycles. The Morgan fingerprint density at radius 1 is 1.50 bits per heavy atom. The van der Waals surface area contributed by atoms with E-state index in [0.29, 0.717) is 16.1 Å². The lowest BCUT2D eigenvalue weighted by atomic mass is 10.1. The van der Waals surface area contributed by atoms with Gasteiger partial charge in [-0.3, -0.25) is 4.79 Å². The van der Waals surface area contributed by atoms with Crippen molar-refractivity contribution in [2.45, 2.75) is 32.8 Å².